The molecular weight excluding hydrogens is 252 g/mol. The van der Waals surface area contributed by atoms with Crippen molar-refractivity contribution in [3.8, 4) is 0 Å². The van der Waals surface area contributed by atoms with Gasteiger partial charge in [0.2, 0.25) is 5.91 Å². The molecule has 2 aromatic rings. The molecule has 0 bridgehead atoms. The highest BCUT2D eigenvalue weighted by Crippen LogP contribution is 2.20. The van der Waals surface area contributed by atoms with Crippen LogP contribution in [-0.2, 0) is 11.3 Å². The minimum atomic E-state index is 0.283. The zero-order chi connectivity index (χ0) is 13.9. The topological polar surface area (TPSA) is 45.5 Å². The van der Waals surface area contributed by atoms with E-state index in [0.29, 0.717) is 6.42 Å². The van der Waals surface area contributed by atoms with Gasteiger partial charge in [0.25, 0.3) is 0 Å². The van der Waals surface area contributed by atoms with Crippen LogP contribution in [0, 0.1) is 0 Å². The highest BCUT2D eigenvalue weighted by molar-refractivity contribution is 5.80. The van der Waals surface area contributed by atoms with Crippen LogP contribution in [-0.4, -0.2) is 29.9 Å². The minimum Gasteiger partial charge on any atom is -0.464 e. The number of fused-ring (bicyclic) bond motifs is 1. The van der Waals surface area contributed by atoms with Gasteiger partial charge in [-0.2, -0.15) is 0 Å². The number of hydrogen-bond acceptors (Lipinski definition) is 3. The third-order valence-electron chi connectivity index (χ3n) is 3.87. The second kappa shape index (κ2) is 5.67. The average Bonchev–Trinajstić information content (AvgIpc) is 3.04. The Morgan fingerprint density at radius 3 is 3.05 bits per heavy atom. The maximum Gasteiger partial charge on any atom is 0.222 e. The summed E-state index contributed by atoms with van der Waals surface area (Å²) < 4.78 is 5.53. The fourth-order valence-electron chi connectivity index (χ4n) is 2.75. The van der Waals surface area contributed by atoms with Gasteiger partial charge in [-0.3, -0.25) is 4.79 Å². The number of para-hydroxylation sites is 1. The predicted molar refractivity (Wildman–Crippen MR) is 78.3 cm³/mol. The van der Waals surface area contributed by atoms with Crippen LogP contribution in [0.1, 0.15) is 25.3 Å². The first kappa shape index (κ1) is 13.2. The first-order valence-electron chi connectivity index (χ1n) is 7.20. The molecule has 0 saturated carbocycles. The summed E-state index contributed by atoms with van der Waals surface area (Å²) in [7, 11) is 0. The maximum atomic E-state index is 11.6. The third kappa shape index (κ3) is 2.70. The van der Waals surface area contributed by atoms with E-state index in [0.717, 1.165) is 37.0 Å². The Kier molecular flexibility index (Phi) is 3.74. The SMILES string of the molecule is CC(CN1CCCC1=O)NCc1coc2ccccc12. The number of hydrogen-bond donors (Lipinski definition) is 1. The molecule has 1 aliphatic rings. The molecule has 0 aliphatic carbocycles. The number of nitrogens with zero attached hydrogens (tertiary/aromatic N) is 1. The lowest BCUT2D eigenvalue weighted by atomic mass is 10.1. The zero-order valence-electron chi connectivity index (χ0n) is 11.8. The van der Waals surface area contributed by atoms with E-state index in [1.807, 2.05) is 29.4 Å². The van der Waals surface area contributed by atoms with Crippen molar-refractivity contribution >= 4 is 16.9 Å². The molecule has 4 heteroatoms. The van der Waals surface area contributed by atoms with Crippen LogP contribution in [0.5, 0.6) is 0 Å². The van der Waals surface area contributed by atoms with E-state index in [9.17, 15) is 4.79 Å². The number of benzene rings is 1. The van der Waals surface area contributed by atoms with Gasteiger partial charge < -0.3 is 14.6 Å². The Morgan fingerprint density at radius 1 is 1.40 bits per heavy atom. The van der Waals surface area contributed by atoms with Crippen molar-refractivity contribution < 1.29 is 9.21 Å². The van der Waals surface area contributed by atoms with E-state index >= 15 is 0 Å². The number of carbonyl (C=O) groups excluding carboxylic acids is 1. The van der Waals surface area contributed by atoms with Crippen LogP contribution >= 0.6 is 0 Å². The smallest absolute Gasteiger partial charge is 0.222 e. The summed E-state index contributed by atoms with van der Waals surface area (Å²) in [5.41, 5.74) is 2.09. The lowest BCUT2D eigenvalue weighted by Gasteiger charge is -2.21. The highest BCUT2D eigenvalue weighted by atomic mass is 16.3. The van der Waals surface area contributed by atoms with E-state index < -0.39 is 0 Å². The van der Waals surface area contributed by atoms with Gasteiger partial charge in [0.1, 0.15) is 5.58 Å². The van der Waals surface area contributed by atoms with Gasteiger partial charge in [-0.05, 0) is 19.4 Å². The summed E-state index contributed by atoms with van der Waals surface area (Å²) in [5, 5.41) is 4.63. The molecule has 1 aromatic heterocycles. The lowest BCUT2D eigenvalue weighted by molar-refractivity contribution is -0.127. The summed E-state index contributed by atoms with van der Waals surface area (Å²) in [6.45, 7) is 4.57. The van der Waals surface area contributed by atoms with Crippen molar-refractivity contribution in [1.82, 2.24) is 10.2 Å². The largest absolute Gasteiger partial charge is 0.464 e. The Hall–Kier alpha value is -1.81. The second-order valence-corrected chi connectivity index (χ2v) is 5.48. The molecule has 1 N–H and O–H groups in total. The maximum absolute atomic E-state index is 11.6. The van der Waals surface area contributed by atoms with E-state index in [1.54, 1.807) is 0 Å². The first-order valence-corrected chi connectivity index (χ1v) is 7.20. The van der Waals surface area contributed by atoms with Crippen LogP contribution in [0.15, 0.2) is 34.9 Å². The Morgan fingerprint density at radius 2 is 2.25 bits per heavy atom. The van der Waals surface area contributed by atoms with Gasteiger partial charge in [-0.25, -0.2) is 0 Å². The van der Waals surface area contributed by atoms with E-state index in [2.05, 4.69) is 18.3 Å². The molecule has 20 heavy (non-hydrogen) atoms. The molecule has 0 radical (unpaired) electrons. The van der Waals surface area contributed by atoms with Crippen LogP contribution in [0.25, 0.3) is 11.0 Å². The molecule has 4 nitrogen and oxygen atoms in total. The van der Waals surface area contributed by atoms with Gasteiger partial charge in [0.15, 0.2) is 0 Å². The van der Waals surface area contributed by atoms with Crippen molar-refractivity contribution in [2.75, 3.05) is 13.1 Å². The van der Waals surface area contributed by atoms with Crippen LogP contribution in [0.3, 0.4) is 0 Å². The van der Waals surface area contributed by atoms with Gasteiger partial charge in [-0.1, -0.05) is 18.2 Å². The van der Waals surface area contributed by atoms with Gasteiger partial charge in [0.05, 0.1) is 6.26 Å². The van der Waals surface area contributed by atoms with Gasteiger partial charge in [-0.15, -0.1) is 0 Å². The second-order valence-electron chi connectivity index (χ2n) is 5.48. The molecule has 0 spiro atoms. The number of nitrogens with one attached hydrogen (secondary N) is 1. The zero-order valence-corrected chi connectivity index (χ0v) is 11.8. The van der Waals surface area contributed by atoms with E-state index in [-0.39, 0.29) is 11.9 Å². The number of carbonyl (C=O) groups is 1. The van der Waals surface area contributed by atoms with Crippen LogP contribution in [0.2, 0.25) is 0 Å². The summed E-state index contributed by atoms with van der Waals surface area (Å²) in [6.07, 6.45) is 3.52. The van der Waals surface area contributed by atoms with Crippen molar-refractivity contribution in [3.05, 3.63) is 36.1 Å². The molecule has 1 aromatic carbocycles. The molecule has 2 heterocycles. The molecule has 1 saturated heterocycles. The van der Waals surface area contributed by atoms with Crippen molar-refractivity contribution in [2.45, 2.75) is 32.4 Å². The summed E-state index contributed by atoms with van der Waals surface area (Å²) in [5.74, 6) is 0.285. The van der Waals surface area contributed by atoms with Crippen molar-refractivity contribution in [1.29, 1.82) is 0 Å². The molecule has 1 fully saturated rings. The first-order chi connectivity index (χ1) is 9.74. The number of likely N-dealkylation sites (tertiary alicyclic amines) is 1. The summed E-state index contributed by atoms with van der Waals surface area (Å²) >= 11 is 0. The predicted octanol–water partition coefficient (Wildman–Crippen LogP) is 2.53. The van der Waals surface area contributed by atoms with Gasteiger partial charge >= 0.3 is 0 Å². The molecule has 1 aliphatic heterocycles. The van der Waals surface area contributed by atoms with Crippen LogP contribution in [0.4, 0.5) is 0 Å². The molecule has 1 atom stereocenters. The molecule has 3 rings (SSSR count). The monoisotopic (exact) mass is 272 g/mol. The third-order valence-corrected chi connectivity index (χ3v) is 3.87. The van der Waals surface area contributed by atoms with E-state index in [1.165, 1.54) is 5.56 Å². The standard InChI is InChI=1S/C16H20N2O2/c1-12(10-18-8-4-7-16(18)19)17-9-13-11-20-15-6-3-2-5-14(13)15/h2-3,5-6,11-12,17H,4,7-10H2,1H3. The Labute approximate surface area is 118 Å². The van der Waals surface area contributed by atoms with Crippen molar-refractivity contribution in [3.63, 3.8) is 0 Å². The quantitative estimate of drug-likeness (QED) is 0.909. The number of rotatable bonds is 5. The minimum absolute atomic E-state index is 0.283. The Bertz CT molecular complexity index is 605. The normalized spacial score (nSPS) is 17.1. The molecular formula is C16H20N2O2. The fourth-order valence-corrected chi connectivity index (χ4v) is 2.75. The fraction of sp³-hybridized carbons (Fsp3) is 0.438. The molecule has 1 unspecified atom stereocenters. The molecule has 1 amide bonds. The average molecular weight is 272 g/mol. The van der Waals surface area contributed by atoms with Gasteiger partial charge in [0, 0.05) is 43.0 Å². The Balaban J connectivity index is 1.57. The summed E-state index contributed by atoms with van der Waals surface area (Å²) in [6, 6.07) is 8.33. The molecule has 106 valence electrons. The number of furan rings is 1. The van der Waals surface area contributed by atoms with Crippen molar-refractivity contribution in [2.24, 2.45) is 0 Å². The highest BCUT2D eigenvalue weighted by Gasteiger charge is 2.21. The summed E-state index contributed by atoms with van der Waals surface area (Å²) in [4.78, 5) is 13.6. The van der Waals surface area contributed by atoms with E-state index in [4.69, 9.17) is 4.42 Å². The van der Waals surface area contributed by atoms with Crippen LogP contribution < -0.4 is 5.32 Å². The number of amides is 1. The lowest BCUT2D eigenvalue weighted by Crippen LogP contribution is -2.39.